The Morgan fingerprint density at radius 1 is 1.44 bits per heavy atom. The van der Waals surface area contributed by atoms with E-state index in [-0.39, 0.29) is 5.75 Å². The Hall–Kier alpha value is -1.38. The molecule has 0 unspecified atom stereocenters. The first-order valence-corrected chi connectivity index (χ1v) is 6.23. The second-order valence-corrected chi connectivity index (χ2v) is 4.78. The molecule has 1 aromatic rings. The molecular formula is C8H9N3O3S2. The number of rotatable bonds is 3. The van der Waals surface area contributed by atoms with Crippen LogP contribution in [0.2, 0.25) is 0 Å². The second kappa shape index (κ2) is 5.10. The van der Waals surface area contributed by atoms with Crippen molar-refractivity contribution in [1.29, 1.82) is 0 Å². The Bertz CT molecular complexity index is 513. The van der Waals surface area contributed by atoms with Crippen LogP contribution in [0.15, 0.2) is 28.6 Å². The highest BCUT2D eigenvalue weighted by Gasteiger charge is 2.10. The van der Waals surface area contributed by atoms with Crippen molar-refractivity contribution in [2.45, 2.75) is 5.75 Å². The predicted octanol–water partition coefficient (Wildman–Crippen LogP) is 0.738. The molecule has 0 aliphatic rings. The minimum absolute atomic E-state index is 0.329. The Morgan fingerprint density at radius 2 is 2.06 bits per heavy atom. The van der Waals surface area contributed by atoms with Crippen molar-refractivity contribution in [3.8, 4) is 0 Å². The number of hydrogen-bond acceptors (Lipinski definition) is 4. The zero-order valence-electron chi connectivity index (χ0n) is 8.08. The Morgan fingerprint density at radius 3 is 2.62 bits per heavy atom. The number of amides is 2. The summed E-state index contributed by atoms with van der Waals surface area (Å²) in [6.07, 6.45) is 0. The van der Waals surface area contributed by atoms with Gasteiger partial charge in [-0.25, -0.2) is 18.4 Å². The summed E-state index contributed by atoms with van der Waals surface area (Å²) in [5, 5.41) is 7.27. The number of nitrogens with zero attached hydrogens (tertiary/aromatic N) is 1. The molecule has 0 spiro atoms. The van der Waals surface area contributed by atoms with Crippen LogP contribution >= 0.6 is 0 Å². The number of benzene rings is 1. The van der Waals surface area contributed by atoms with Crippen LogP contribution in [0.25, 0.3) is 0 Å². The molecule has 0 fully saturated rings. The third-order valence-electron chi connectivity index (χ3n) is 1.70. The molecule has 0 bridgehead atoms. The van der Waals surface area contributed by atoms with Crippen molar-refractivity contribution in [2.75, 3.05) is 5.32 Å². The van der Waals surface area contributed by atoms with Gasteiger partial charge in [-0.2, -0.15) is 0 Å². The molecule has 0 aliphatic heterocycles. The SMILES string of the molecule is NS(=O)(=O)Cc1ccccc1NC(=O)N=S. The van der Waals surface area contributed by atoms with E-state index in [0.717, 1.165) is 0 Å². The van der Waals surface area contributed by atoms with E-state index in [1.54, 1.807) is 24.3 Å². The molecule has 0 radical (unpaired) electrons. The third kappa shape index (κ3) is 4.01. The van der Waals surface area contributed by atoms with Crippen LogP contribution in [-0.2, 0) is 28.2 Å². The minimum Gasteiger partial charge on any atom is -0.305 e. The zero-order chi connectivity index (χ0) is 12.2. The Kier molecular flexibility index (Phi) is 4.05. The number of carbonyl (C=O) groups is 1. The number of primary sulfonamides is 1. The third-order valence-corrected chi connectivity index (χ3v) is 2.58. The van der Waals surface area contributed by atoms with Gasteiger partial charge in [-0.3, -0.25) is 0 Å². The lowest BCUT2D eigenvalue weighted by Gasteiger charge is -2.07. The molecular weight excluding hydrogens is 250 g/mol. The molecule has 3 N–H and O–H groups in total. The van der Waals surface area contributed by atoms with Crippen LogP contribution < -0.4 is 10.5 Å². The van der Waals surface area contributed by atoms with E-state index in [9.17, 15) is 13.2 Å². The van der Waals surface area contributed by atoms with Crippen LogP contribution in [-0.4, -0.2) is 14.4 Å². The fraction of sp³-hybridized carbons (Fsp3) is 0.125. The van der Waals surface area contributed by atoms with Crippen LogP contribution in [0.4, 0.5) is 10.5 Å². The molecule has 0 aromatic heterocycles. The molecule has 1 aromatic carbocycles. The maximum Gasteiger partial charge on any atom is 0.356 e. The van der Waals surface area contributed by atoms with Gasteiger partial charge in [-0.1, -0.05) is 18.2 Å². The average molecular weight is 259 g/mol. The summed E-state index contributed by atoms with van der Waals surface area (Å²) in [5.74, 6) is -0.360. The lowest BCUT2D eigenvalue weighted by atomic mass is 10.2. The summed E-state index contributed by atoms with van der Waals surface area (Å²) in [7, 11) is -3.65. The molecule has 0 aliphatic carbocycles. The van der Waals surface area contributed by atoms with Gasteiger partial charge in [0.1, 0.15) is 0 Å². The summed E-state index contributed by atoms with van der Waals surface area (Å²) in [5.41, 5.74) is 0.715. The summed E-state index contributed by atoms with van der Waals surface area (Å²) in [6, 6.07) is 5.64. The molecule has 2 amide bonds. The number of sulfonamides is 1. The van der Waals surface area contributed by atoms with Crippen LogP contribution in [0.1, 0.15) is 5.56 Å². The summed E-state index contributed by atoms with van der Waals surface area (Å²) < 4.78 is 24.8. The number of anilines is 1. The molecule has 0 atom stereocenters. The lowest BCUT2D eigenvalue weighted by molar-refractivity contribution is 0.260. The largest absolute Gasteiger partial charge is 0.356 e. The quantitative estimate of drug-likeness (QED) is 0.835. The van der Waals surface area contributed by atoms with Gasteiger partial charge >= 0.3 is 6.03 Å². The Labute approximate surface area is 98.1 Å². The van der Waals surface area contributed by atoms with E-state index in [4.69, 9.17) is 5.14 Å². The van der Waals surface area contributed by atoms with Crippen molar-refractivity contribution in [3.63, 3.8) is 0 Å². The highest BCUT2D eigenvalue weighted by atomic mass is 32.2. The van der Waals surface area contributed by atoms with Gasteiger partial charge in [0.2, 0.25) is 10.0 Å². The number of nitrogens with one attached hydrogen (secondary N) is 1. The van der Waals surface area contributed by atoms with Crippen LogP contribution in [0.3, 0.4) is 0 Å². The number of para-hydroxylation sites is 1. The van der Waals surface area contributed by atoms with E-state index >= 15 is 0 Å². The number of urea groups is 1. The van der Waals surface area contributed by atoms with Crippen molar-refractivity contribution in [1.82, 2.24) is 0 Å². The van der Waals surface area contributed by atoms with Crippen molar-refractivity contribution >= 4 is 34.2 Å². The molecule has 0 heterocycles. The monoisotopic (exact) mass is 259 g/mol. The summed E-state index contributed by atoms with van der Waals surface area (Å²) >= 11 is 4.20. The molecule has 8 heteroatoms. The van der Waals surface area contributed by atoms with Crippen molar-refractivity contribution in [3.05, 3.63) is 29.8 Å². The van der Waals surface area contributed by atoms with E-state index in [1.165, 1.54) is 0 Å². The van der Waals surface area contributed by atoms with Crippen LogP contribution in [0, 0.1) is 0 Å². The first-order chi connectivity index (χ1) is 7.42. The average Bonchev–Trinajstić information content (AvgIpc) is 2.18. The van der Waals surface area contributed by atoms with Crippen molar-refractivity contribution < 1.29 is 13.2 Å². The molecule has 86 valence electrons. The second-order valence-electron chi connectivity index (χ2n) is 2.99. The molecule has 16 heavy (non-hydrogen) atoms. The normalized spacial score (nSPS) is 10.8. The van der Waals surface area contributed by atoms with Crippen LogP contribution in [0.5, 0.6) is 0 Å². The number of hydrogen-bond donors (Lipinski definition) is 2. The summed E-state index contributed by atoms with van der Waals surface area (Å²) in [6.45, 7) is 0. The highest BCUT2D eigenvalue weighted by Crippen LogP contribution is 2.17. The van der Waals surface area contributed by atoms with E-state index in [2.05, 4.69) is 22.1 Å². The fourth-order valence-corrected chi connectivity index (χ4v) is 1.85. The number of nitrogens with two attached hydrogens (primary N) is 1. The number of carbonyl (C=O) groups excluding carboxylic acids is 1. The van der Waals surface area contributed by atoms with E-state index in [0.29, 0.717) is 11.3 Å². The van der Waals surface area contributed by atoms with Gasteiger partial charge in [0, 0.05) is 18.1 Å². The summed E-state index contributed by atoms with van der Waals surface area (Å²) in [4.78, 5) is 10.9. The maximum absolute atomic E-state index is 10.9. The maximum atomic E-state index is 10.9. The topological polar surface area (TPSA) is 102 Å². The highest BCUT2D eigenvalue weighted by molar-refractivity contribution is 7.88. The first-order valence-electron chi connectivity index (χ1n) is 4.15. The molecule has 6 nitrogen and oxygen atoms in total. The standard InChI is InChI=1S/C8H9N3O3S2/c9-16(13,14)5-6-3-1-2-4-7(6)10-8(12)11-15/h1-4H,5H2,(H,10,12)(H2,9,13,14). The van der Waals surface area contributed by atoms with Crippen molar-refractivity contribution in [2.24, 2.45) is 9.50 Å². The first kappa shape index (κ1) is 12.7. The van der Waals surface area contributed by atoms with Gasteiger partial charge < -0.3 is 5.32 Å². The molecule has 1 rings (SSSR count). The van der Waals surface area contributed by atoms with E-state index in [1.807, 2.05) is 0 Å². The minimum atomic E-state index is -3.65. The zero-order valence-corrected chi connectivity index (χ0v) is 9.72. The lowest BCUT2D eigenvalue weighted by Crippen LogP contribution is -2.16. The molecule has 0 saturated heterocycles. The van der Waals surface area contributed by atoms with Gasteiger partial charge in [-0.15, -0.1) is 4.36 Å². The van der Waals surface area contributed by atoms with Gasteiger partial charge in [0.05, 0.1) is 5.75 Å². The predicted molar refractivity (Wildman–Crippen MR) is 62.1 cm³/mol. The van der Waals surface area contributed by atoms with Gasteiger partial charge in [-0.05, 0) is 11.6 Å². The van der Waals surface area contributed by atoms with E-state index < -0.39 is 16.1 Å². The van der Waals surface area contributed by atoms with Gasteiger partial charge in [0.15, 0.2) is 0 Å². The Balaban J connectivity index is 3.00. The molecule has 0 saturated carbocycles. The smallest absolute Gasteiger partial charge is 0.305 e. The van der Waals surface area contributed by atoms with Gasteiger partial charge in [0.25, 0.3) is 0 Å². The fourth-order valence-electron chi connectivity index (χ4n) is 1.12.